The van der Waals surface area contributed by atoms with E-state index in [2.05, 4.69) is 0 Å². The Morgan fingerprint density at radius 3 is 2.70 bits per heavy atom. The van der Waals surface area contributed by atoms with Crippen LogP contribution in [0.15, 0.2) is 36.4 Å². The minimum atomic E-state index is -0.580. The number of hydrogen-bond donors (Lipinski definition) is 0. The van der Waals surface area contributed by atoms with Crippen molar-refractivity contribution in [3.8, 4) is 11.5 Å². The quantitative estimate of drug-likeness (QED) is 0.484. The zero-order valence-electron chi connectivity index (χ0n) is 11.7. The van der Waals surface area contributed by atoms with E-state index in [1.807, 2.05) is 0 Å². The van der Waals surface area contributed by atoms with E-state index >= 15 is 0 Å². The molecule has 0 aliphatic carbocycles. The number of carbonyl (C=O) groups is 1. The normalized spacial score (nSPS) is 12.0. The molecular weight excluding hydrogens is 326 g/mol. The van der Waals surface area contributed by atoms with Crippen LogP contribution < -0.4 is 9.47 Å². The summed E-state index contributed by atoms with van der Waals surface area (Å²) in [6.45, 7) is 0.0409. The van der Waals surface area contributed by atoms with Gasteiger partial charge in [-0.1, -0.05) is 11.6 Å². The number of halogens is 1. The third-order valence-corrected chi connectivity index (χ3v) is 3.46. The molecule has 0 aromatic heterocycles. The summed E-state index contributed by atoms with van der Waals surface area (Å²) in [5.74, 6) is 0.210. The van der Waals surface area contributed by atoms with Crippen molar-refractivity contribution in [2.24, 2.45) is 0 Å². The number of esters is 1. The highest BCUT2D eigenvalue weighted by molar-refractivity contribution is 6.32. The first-order valence-corrected chi connectivity index (χ1v) is 6.92. The lowest BCUT2D eigenvalue weighted by atomic mass is 10.2. The fourth-order valence-electron chi connectivity index (χ4n) is 2.03. The van der Waals surface area contributed by atoms with Crippen molar-refractivity contribution < 1.29 is 23.9 Å². The predicted molar refractivity (Wildman–Crippen MR) is 79.8 cm³/mol. The lowest BCUT2D eigenvalue weighted by molar-refractivity contribution is -0.384. The van der Waals surface area contributed by atoms with E-state index in [1.165, 1.54) is 36.4 Å². The number of non-ortho nitro benzene ring substituents is 1. The minimum Gasteiger partial charge on any atom is -0.457 e. The van der Waals surface area contributed by atoms with Gasteiger partial charge in [0.15, 0.2) is 11.5 Å². The van der Waals surface area contributed by atoms with Crippen LogP contribution in [0.5, 0.6) is 11.5 Å². The molecule has 0 N–H and O–H groups in total. The minimum absolute atomic E-state index is 0.0110. The highest BCUT2D eigenvalue weighted by Gasteiger charge is 2.21. The van der Waals surface area contributed by atoms with Crippen LogP contribution in [-0.2, 0) is 11.3 Å². The first kappa shape index (κ1) is 15.1. The lowest BCUT2D eigenvalue weighted by Crippen LogP contribution is -2.05. The van der Waals surface area contributed by atoms with E-state index < -0.39 is 10.9 Å². The van der Waals surface area contributed by atoms with Gasteiger partial charge in [-0.2, -0.15) is 0 Å². The Balaban J connectivity index is 1.68. The van der Waals surface area contributed by atoms with Crippen molar-refractivity contribution in [3.63, 3.8) is 0 Å². The number of rotatable bonds is 4. The second kappa shape index (κ2) is 6.13. The number of nitro benzene ring substituents is 1. The second-order valence-electron chi connectivity index (χ2n) is 4.69. The van der Waals surface area contributed by atoms with Gasteiger partial charge in [-0.3, -0.25) is 10.1 Å². The molecule has 0 saturated carbocycles. The first-order chi connectivity index (χ1) is 11.0. The summed E-state index contributed by atoms with van der Waals surface area (Å²) in [5, 5.41) is 10.8. The van der Waals surface area contributed by atoms with Crippen LogP contribution in [-0.4, -0.2) is 17.7 Å². The van der Waals surface area contributed by atoms with Gasteiger partial charge >= 0.3 is 5.97 Å². The van der Waals surface area contributed by atoms with Crippen molar-refractivity contribution >= 4 is 23.3 Å². The van der Waals surface area contributed by atoms with Gasteiger partial charge < -0.3 is 14.2 Å². The molecule has 7 nitrogen and oxygen atoms in total. The first-order valence-electron chi connectivity index (χ1n) is 6.54. The van der Waals surface area contributed by atoms with Crippen LogP contribution in [0.1, 0.15) is 15.9 Å². The average molecular weight is 336 g/mol. The SMILES string of the molecule is O=C(OCc1ccc([N+](=O)[O-])cc1)c1cc(Cl)c2c(c1)OCO2. The van der Waals surface area contributed by atoms with Crippen molar-refractivity contribution in [2.45, 2.75) is 6.61 Å². The Kier molecular flexibility index (Phi) is 4.03. The number of carbonyl (C=O) groups excluding carboxylic acids is 1. The third-order valence-electron chi connectivity index (χ3n) is 3.18. The van der Waals surface area contributed by atoms with Gasteiger partial charge in [0.25, 0.3) is 5.69 Å². The molecule has 118 valence electrons. The molecule has 3 rings (SSSR count). The molecule has 0 saturated heterocycles. The Bertz CT molecular complexity index is 774. The fraction of sp³-hybridized carbons (Fsp3) is 0.133. The molecule has 0 spiro atoms. The molecule has 2 aromatic carbocycles. The predicted octanol–water partition coefficient (Wildman–Crippen LogP) is 3.33. The Morgan fingerprint density at radius 1 is 1.26 bits per heavy atom. The smallest absolute Gasteiger partial charge is 0.338 e. The summed E-state index contributed by atoms with van der Waals surface area (Å²) in [6, 6.07) is 8.68. The van der Waals surface area contributed by atoms with Crippen molar-refractivity contribution in [3.05, 3.63) is 62.7 Å². The van der Waals surface area contributed by atoms with Gasteiger partial charge in [0, 0.05) is 12.1 Å². The maximum Gasteiger partial charge on any atom is 0.338 e. The van der Waals surface area contributed by atoms with Crippen LogP contribution in [0.4, 0.5) is 5.69 Å². The summed E-state index contributed by atoms with van der Waals surface area (Å²) in [5.41, 5.74) is 0.847. The van der Waals surface area contributed by atoms with E-state index in [-0.39, 0.29) is 29.7 Å². The molecule has 1 aliphatic heterocycles. The Labute approximate surface area is 135 Å². The van der Waals surface area contributed by atoms with Crippen LogP contribution in [0.2, 0.25) is 5.02 Å². The number of nitrogens with zero attached hydrogens (tertiary/aromatic N) is 1. The summed E-state index contributed by atoms with van der Waals surface area (Å²) < 4.78 is 15.5. The molecular formula is C15H10ClNO6. The largest absolute Gasteiger partial charge is 0.457 e. The van der Waals surface area contributed by atoms with E-state index in [1.54, 1.807) is 0 Å². The summed E-state index contributed by atoms with van der Waals surface area (Å²) >= 11 is 6.01. The van der Waals surface area contributed by atoms with Gasteiger partial charge in [-0.05, 0) is 29.8 Å². The number of ether oxygens (including phenoxy) is 3. The molecule has 0 amide bonds. The summed E-state index contributed by atoms with van der Waals surface area (Å²) in [6.07, 6.45) is 0. The molecule has 23 heavy (non-hydrogen) atoms. The molecule has 0 unspecified atom stereocenters. The second-order valence-corrected chi connectivity index (χ2v) is 5.10. The van der Waals surface area contributed by atoms with Gasteiger partial charge in [0.1, 0.15) is 6.61 Å². The molecule has 0 bridgehead atoms. The number of hydrogen-bond acceptors (Lipinski definition) is 6. The van der Waals surface area contributed by atoms with Crippen LogP contribution in [0.3, 0.4) is 0 Å². The number of nitro groups is 1. The topological polar surface area (TPSA) is 87.9 Å². The monoisotopic (exact) mass is 335 g/mol. The van der Waals surface area contributed by atoms with E-state index in [4.69, 9.17) is 25.8 Å². The van der Waals surface area contributed by atoms with Crippen molar-refractivity contribution in [1.29, 1.82) is 0 Å². The maximum absolute atomic E-state index is 12.1. The molecule has 0 fully saturated rings. The number of fused-ring (bicyclic) bond motifs is 1. The molecule has 2 aromatic rings. The zero-order valence-corrected chi connectivity index (χ0v) is 12.4. The Morgan fingerprint density at radius 2 is 2.00 bits per heavy atom. The van der Waals surface area contributed by atoms with Crippen LogP contribution in [0.25, 0.3) is 0 Å². The van der Waals surface area contributed by atoms with E-state index in [9.17, 15) is 14.9 Å². The van der Waals surface area contributed by atoms with Gasteiger partial charge in [0.2, 0.25) is 6.79 Å². The van der Waals surface area contributed by atoms with Gasteiger partial charge in [0.05, 0.1) is 15.5 Å². The molecule has 8 heteroatoms. The molecule has 0 radical (unpaired) electrons. The van der Waals surface area contributed by atoms with E-state index in [0.29, 0.717) is 17.1 Å². The van der Waals surface area contributed by atoms with Crippen molar-refractivity contribution in [1.82, 2.24) is 0 Å². The molecule has 1 heterocycles. The van der Waals surface area contributed by atoms with Crippen molar-refractivity contribution in [2.75, 3.05) is 6.79 Å². The van der Waals surface area contributed by atoms with E-state index in [0.717, 1.165) is 0 Å². The summed E-state index contributed by atoms with van der Waals surface area (Å²) in [4.78, 5) is 22.1. The zero-order chi connectivity index (χ0) is 16.4. The molecule has 1 aliphatic rings. The highest BCUT2D eigenvalue weighted by Crippen LogP contribution is 2.39. The molecule has 0 atom stereocenters. The van der Waals surface area contributed by atoms with Gasteiger partial charge in [-0.25, -0.2) is 4.79 Å². The maximum atomic E-state index is 12.1. The third kappa shape index (κ3) is 3.19. The van der Waals surface area contributed by atoms with Gasteiger partial charge in [-0.15, -0.1) is 0 Å². The van der Waals surface area contributed by atoms with Crippen LogP contribution in [0, 0.1) is 10.1 Å². The van der Waals surface area contributed by atoms with Crippen LogP contribution >= 0.6 is 11.6 Å². The fourth-order valence-corrected chi connectivity index (χ4v) is 2.30. The summed E-state index contributed by atoms with van der Waals surface area (Å²) in [7, 11) is 0. The highest BCUT2D eigenvalue weighted by atomic mass is 35.5. The Hall–Kier alpha value is -2.80. The number of benzene rings is 2. The standard InChI is InChI=1S/C15H10ClNO6/c16-12-5-10(6-13-14(12)23-8-22-13)15(18)21-7-9-1-3-11(4-2-9)17(19)20/h1-6H,7-8H2. The average Bonchev–Trinajstić information content (AvgIpc) is 3.02. The lowest BCUT2D eigenvalue weighted by Gasteiger charge is -2.06.